The second-order valence-electron chi connectivity index (χ2n) is 7.85. The molecule has 5 heteroatoms. The van der Waals surface area contributed by atoms with Crippen molar-refractivity contribution in [3.63, 3.8) is 0 Å². The van der Waals surface area contributed by atoms with Crippen molar-refractivity contribution in [2.75, 3.05) is 13.1 Å². The van der Waals surface area contributed by atoms with E-state index in [0.29, 0.717) is 12.2 Å². The van der Waals surface area contributed by atoms with Gasteiger partial charge in [-0.3, -0.25) is 14.6 Å². The zero-order chi connectivity index (χ0) is 18.9. The SMILES string of the molecule is CC(C)(C)c1ccc(C(=O)N2C[C@H](C(=O)O)[C@H](c3ccccc3)C2)nc1. The molecule has 1 amide bonds. The number of benzene rings is 1. The number of carbonyl (C=O) groups is 2. The van der Waals surface area contributed by atoms with Crippen LogP contribution in [0.4, 0.5) is 0 Å². The van der Waals surface area contributed by atoms with Crippen molar-refractivity contribution in [1.29, 1.82) is 0 Å². The quantitative estimate of drug-likeness (QED) is 0.920. The van der Waals surface area contributed by atoms with E-state index in [1.165, 1.54) is 0 Å². The molecule has 5 nitrogen and oxygen atoms in total. The first kappa shape index (κ1) is 18.1. The molecule has 0 unspecified atom stereocenters. The Morgan fingerprint density at radius 2 is 1.77 bits per heavy atom. The van der Waals surface area contributed by atoms with Crippen LogP contribution in [0.3, 0.4) is 0 Å². The Bertz CT molecular complexity index is 794. The molecule has 0 aliphatic carbocycles. The van der Waals surface area contributed by atoms with Gasteiger partial charge in [0.2, 0.25) is 0 Å². The molecule has 3 rings (SSSR count). The van der Waals surface area contributed by atoms with E-state index < -0.39 is 11.9 Å². The second-order valence-corrected chi connectivity index (χ2v) is 7.85. The Labute approximate surface area is 153 Å². The highest BCUT2D eigenvalue weighted by Crippen LogP contribution is 2.33. The minimum absolute atomic E-state index is 0.0327. The van der Waals surface area contributed by atoms with E-state index in [0.717, 1.165) is 11.1 Å². The first-order valence-electron chi connectivity index (χ1n) is 8.81. The number of rotatable bonds is 3. The minimum Gasteiger partial charge on any atom is -0.481 e. The average molecular weight is 352 g/mol. The molecule has 0 radical (unpaired) electrons. The van der Waals surface area contributed by atoms with Crippen molar-refractivity contribution in [3.05, 3.63) is 65.5 Å². The third-order valence-corrected chi connectivity index (χ3v) is 5.00. The van der Waals surface area contributed by atoms with Crippen molar-refractivity contribution >= 4 is 11.9 Å². The van der Waals surface area contributed by atoms with E-state index >= 15 is 0 Å². The highest BCUT2D eigenvalue weighted by atomic mass is 16.4. The van der Waals surface area contributed by atoms with E-state index in [9.17, 15) is 14.7 Å². The highest BCUT2D eigenvalue weighted by Gasteiger charge is 2.40. The summed E-state index contributed by atoms with van der Waals surface area (Å²) in [6.45, 7) is 6.87. The van der Waals surface area contributed by atoms with Crippen molar-refractivity contribution in [1.82, 2.24) is 9.88 Å². The van der Waals surface area contributed by atoms with Crippen molar-refractivity contribution in [3.8, 4) is 0 Å². The fraction of sp³-hybridized carbons (Fsp3) is 0.381. The average Bonchev–Trinajstić information content (AvgIpc) is 3.07. The van der Waals surface area contributed by atoms with Gasteiger partial charge in [0.25, 0.3) is 5.91 Å². The fourth-order valence-electron chi connectivity index (χ4n) is 3.38. The largest absolute Gasteiger partial charge is 0.481 e. The Kier molecular flexibility index (Phi) is 4.81. The maximum atomic E-state index is 12.8. The number of carboxylic acid groups (broad SMARTS) is 1. The van der Waals surface area contributed by atoms with Gasteiger partial charge in [0, 0.05) is 25.2 Å². The predicted molar refractivity (Wildman–Crippen MR) is 99.1 cm³/mol. The van der Waals surface area contributed by atoms with E-state index in [2.05, 4.69) is 25.8 Å². The smallest absolute Gasteiger partial charge is 0.308 e. The lowest BCUT2D eigenvalue weighted by Crippen LogP contribution is -2.30. The number of amides is 1. The minimum atomic E-state index is -0.870. The van der Waals surface area contributed by atoms with E-state index in [-0.39, 0.29) is 23.8 Å². The first-order valence-corrected chi connectivity index (χ1v) is 8.81. The molecule has 2 heterocycles. The Morgan fingerprint density at radius 1 is 1.08 bits per heavy atom. The molecule has 0 bridgehead atoms. The van der Waals surface area contributed by atoms with Gasteiger partial charge in [-0.25, -0.2) is 0 Å². The summed E-state index contributed by atoms with van der Waals surface area (Å²) in [4.78, 5) is 30.4. The standard InChI is InChI=1S/C21H24N2O3/c1-21(2,3)15-9-10-18(22-11-15)19(24)23-12-16(17(13-23)20(25)26)14-7-5-4-6-8-14/h4-11,16-17H,12-13H2,1-3H3,(H,25,26)/t16-,17-/m0/s1. The molecule has 26 heavy (non-hydrogen) atoms. The molecule has 1 aliphatic rings. The van der Waals surface area contributed by atoms with Crippen molar-refractivity contribution in [2.45, 2.75) is 32.1 Å². The van der Waals surface area contributed by atoms with Crippen LogP contribution >= 0.6 is 0 Å². The first-order chi connectivity index (χ1) is 12.3. The van der Waals surface area contributed by atoms with Crippen molar-refractivity contribution in [2.24, 2.45) is 5.92 Å². The van der Waals surface area contributed by atoms with Gasteiger partial charge in [0.15, 0.2) is 0 Å². The number of hydrogen-bond donors (Lipinski definition) is 1. The summed E-state index contributed by atoms with van der Waals surface area (Å²) in [6, 6.07) is 13.2. The van der Waals surface area contributed by atoms with E-state index in [1.54, 1.807) is 17.2 Å². The molecule has 0 saturated carbocycles. The molecule has 2 aromatic rings. The number of pyridine rings is 1. The number of aliphatic carboxylic acids is 1. The molecular formula is C21H24N2O3. The summed E-state index contributed by atoms with van der Waals surface area (Å²) in [7, 11) is 0. The molecule has 1 aromatic carbocycles. The van der Waals surface area contributed by atoms with Gasteiger partial charge < -0.3 is 10.0 Å². The van der Waals surface area contributed by atoms with Crippen molar-refractivity contribution < 1.29 is 14.7 Å². The summed E-state index contributed by atoms with van der Waals surface area (Å²) in [5.74, 6) is -1.89. The van der Waals surface area contributed by atoms with Gasteiger partial charge in [0.1, 0.15) is 5.69 Å². The van der Waals surface area contributed by atoms with Crippen LogP contribution in [0.25, 0.3) is 0 Å². The number of aromatic nitrogens is 1. The van der Waals surface area contributed by atoms with Crippen LogP contribution in [0.15, 0.2) is 48.7 Å². The van der Waals surface area contributed by atoms with Crippen LogP contribution in [-0.4, -0.2) is 40.0 Å². The van der Waals surface area contributed by atoms with Crippen LogP contribution in [0.1, 0.15) is 48.3 Å². The Morgan fingerprint density at radius 3 is 2.31 bits per heavy atom. The lowest BCUT2D eigenvalue weighted by molar-refractivity contribution is -0.141. The maximum Gasteiger partial charge on any atom is 0.308 e. The number of carboxylic acids is 1. The van der Waals surface area contributed by atoms with Gasteiger partial charge in [0.05, 0.1) is 5.92 Å². The second kappa shape index (κ2) is 6.90. The van der Waals surface area contributed by atoms with Gasteiger partial charge in [-0.15, -0.1) is 0 Å². The normalized spacial score (nSPS) is 20.2. The zero-order valence-corrected chi connectivity index (χ0v) is 15.3. The van der Waals surface area contributed by atoms with Crippen LogP contribution in [-0.2, 0) is 10.2 Å². The van der Waals surface area contributed by atoms with Crippen LogP contribution < -0.4 is 0 Å². The Hall–Kier alpha value is -2.69. The molecule has 1 fully saturated rings. The summed E-state index contributed by atoms with van der Waals surface area (Å²) in [5, 5.41) is 9.59. The molecule has 1 aliphatic heterocycles. The van der Waals surface area contributed by atoms with Gasteiger partial charge >= 0.3 is 5.97 Å². The number of carbonyl (C=O) groups excluding carboxylic acids is 1. The predicted octanol–water partition coefficient (Wildman–Crippen LogP) is 3.32. The van der Waals surface area contributed by atoms with Gasteiger partial charge in [-0.05, 0) is 22.6 Å². The van der Waals surface area contributed by atoms with Gasteiger partial charge in [-0.1, -0.05) is 57.2 Å². The Balaban J connectivity index is 1.81. The highest BCUT2D eigenvalue weighted by molar-refractivity contribution is 5.93. The third kappa shape index (κ3) is 3.62. The van der Waals surface area contributed by atoms with Crippen LogP contribution in [0, 0.1) is 5.92 Å². The molecule has 1 N–H and O–H groups in total. The third-order valence-electron chi connectivity index (χ3n) is 5.00. The summed E-state index contributed by atoms with van der Waals surface area (Å²) < 4.78 is 0. The van der Waals surface area contributed by atoms with Gasteiger partial charge in [-0.2, -0.15) is 0 Å². The van der Waals surface area contributed by atoms with E-state index in [1.807, 2.05) is 36.4 Å². The zero-order valence-electron chi connectivity index (χ0n) is 15.3. The molecule has 0 spiro atoms. The van der Waals surface area contributed by atoms with Crippen LogP contribution in [0.2, 0.25) is 0 Å². The maximum absolute atomic E-state index is 12.8. The lowest BCUT2D eigenvalue weighted by atomic mass is 9.88. The summed E-state index contributed by atoms with van der Waals surface area (Å²) >= 11 is 0. The number of likely N-dealkylation sites (tertiary alicyclic amines) is 1. The molecule has 1 aromatic heterocycles. The number of nitrogens with zero attached hydrogens (tertiary/aromatic N) is 2. The summed E-state index contributed by atoms with van der Waals surface area (Å²) in [6.07, 6.45) is 1.73. The van der Waals surface area contributed by atoms with Crippen LogP contribution in [0.5, 0.6) is 0 Å². The van der Waals surface area contributed by atoms with E-state index in [4.69, 9.17) is 0 Å². The molecule has 136 valence electrons. The monoisotopic (exact) mass is 352 g/mol. The molecular weight excluding hydrogens is 328 g/mol. The molecule has 1 saturated heterocycles. The topological polar surface area (TPSA) is 70.5 Å². The molecule has 2 atom stereocenters. The lowest BCUT2D eigenvalue weighted by Gasteiger charge is -2.20. The number of hydrogen-bond acceptors (Lipinski definition) is 3. The fourth-order valence-corrected chi connectivity index (χ4v) is 3.38. The summed E-state index contributed by atoms with van der Waals surface area (Å²) in [5.41, 5.74) is 2.33.